The number of ether oxygens (including phenoxy) is 1. The minimum absolute atomic E-state index is 0.184. The largest absolute Gasteiger partial charge is 0.481 e. The fourth-order valence-electron chi connectivity index (χ4n) is 2.35. The second-order valence-electron chi connectivity index (χ2n) is 5.41. The van der Waals surface area contributed by atoms with E-state index in [2.05, 4.69) is 0 Å². The quantitative estimate of drug-likeness (QED) is 0.454. The van der Waals surface area contributed by atoms with Crippen LogP contribution in [0.3, 0.4) is 0 Å². The number of benzene rings is 1. The third-order valence-electron chi connectivity index (χ3n) is 3.57. The number of thioether (sulfide) groups is 2. The van der Waals surface area contributed by atoms with Crippen LogP contribution in [0.1, 0.15) is 12.0 Å². The average molecular weight is 428 g/mol. The second kappa shape index (κ2) is 9.77. The van der Waals surface area contributed by atoms with Gasteiger partial charge in [0, 0.05) is 5.56 Å². The Morgan fingerprint density at radius 1 is 1.37 bits per heavy atom. The molecule has 0 spiro atoms. The third-order valence-corrected chi connectivity index (χ3v) is 5.55. The Labute approximate surface area is 169 Å². The highest BCUT2D eigenvalue weighted by molar-refractivity contribution is 8.26. The zero-order valence-corrected chi connectivity index (χ0v) is 16.7. The number of para-hydroxylation sites is 1. The number of aliphatic carboxylic acids is 2. The van der Waals surface area contributed by atoms with Crippen LogP contribution in [0.5, 0.6) is 5.75 Å². The van der Waals surface area contributed by atoms with E-state index in [9.17, 15) is 19.5 Å². The molecule has 1 aliphatic heterocycles. The van der Waals surface area contributed by atoms with Crippen molar-refractivity contribution in [3.8, 4) is 5.75 Å². The molecule has 1 aromatic carbocycles. The van der Waals surface area contributed by atoms with Crippen molar-refractivity contribution in [3.05, 3.63) is 34.7 Å². The van der Waals surface area contributed by atoms with Crippen molar-refractivity contribution in [3.63, 3.8) is 0 Å². The van der Waals surface area contributed by atoms with E-state index in [0.29, 0.717) is 17.1 Å². The van der Waals surface area contributed by atoms with Gasteiger partial charge in [0.15, 0.2) is 6.61 Å². The highest BCUT2D eigenvalue weighted by Gasteiger charge is 2.40. The van der Waals surface area contributed by atoms with E-state index in [1.165, 1.54) is 17.8 Å². The summed E-state index contributed by atoms with van der Waals surface area (Å²) in [7, 11) is 0. The molecule has 2 N–H and O–H groups in total. The second-order valence-corrected chi connectivity index (χ2v) is 8.07. The zero-order chi connectivity index (χ0) is 20.0. The predicted molar refractivity (Wildman–Crippen MR) is 109 cm³/mol. The Kier molecular flexibility index (Phi) is 7.69. The predicted octanol–water partition coefficient (Wildman–Crippen LogP) is 2.56. The Morgan fingerprint density at radius 3 is 2.70 bits per heavy atom. The van der Waals surface area contributed by atoms with Gasteiger partial charge in [-0.1, -0.05) is 42.2 Å². The van der Waals surface area contributed by atoms with Crippen molar-refractivity contribution in [2.24, 2.45) is 0 Å². The van der Waals surface area contributed by atoms with Crippen LogP contribution in [-0.4, -0.2) is 61.9 Å². The third kappa shape index (κ3) is 5.47. The normalized spacial score (nSPS) is 16.6. The van der Waals surface area contributed by atoms with Crippen LogP contribution in [0, 0.1) is 0 Å². The SMILES string of the molecule is CSCCC(C(=O)O)N1C(=O)/C(=C/c2ccccc2OCC(=O)O)SC1=S. The number of rotatable bonds is 9. The molecule has 0 aromatic heterocycles. The van der Waals surface area contributed by atoms with Crippen LogP contribution in [0.15, 0.2) is 29.2 Å². The first-order chi connectivity index (χ1) is 12.8. The van der Waals surface area contributed by atoms with Gasteiger partial charge in [0.05, 0.1) is 4.91 Å². The lowest BCUT2D eigenvalue weighted by molar-refractivity contribution is -0.145. The summed E-state index contributed by atoms with van der Waals surface area (Å²) in [5.74, 6) is -1.81. The molecule has 2 rings (SSSR count). The summed E-state index contributed by atoms with van der Waals surface area (Å²) in [5.41, 5.74) is 0.509. The number of carbonyl (C=O) groups is 3. The van der Waals surface area contributed by atoms with Crippen LogP contribution in [0.25, 0.3) is 6.08 Å². The number of carboxylic acid groups (broad SMARTS) is 2. The van der Waals surface area contributed by atoms with Gasteiger partial charge in [-0.25, -0.2) is 9.59 Å². The molecule has 0 saturated carbocycles. The van der Waals surface area contributed by atoms with E-state index in [1.807, 2.05) is 6.26 Å². The standard InChI is InChI=1S/C17H17NO6S3/c1-26-7-6-11(16(22)23)18-15(21)13(27-17(18)25)8-10-4-2-3-5-12(10)24-9-14(19)20/h2-5,8,11H,6-7,9H2,1H3,(H,19,20)(H,22,23)/b13-8-. The van der Waals surface area contributed by atoms with E-state index in [0.717, 1.165) is 16.7 Å². The summed E-state index contributed by atoms with van der Waals surface area (Å²) in [6, 6.07) is 5.65. The molecule has 0 bridgehead atoms. The van der Waals surface area contributed by atoms with Gasteiger partial charge in [-0.05, 0) is 30.6 Å². The van der Waals surface area contributed by atoms with Crippen LogP contribution in [0.2, 0.25) is 0 Å². The average Bonchev–Trinajstić information content (AvgIpc) is 2.88. The topological polar surface area (TPSA) is 104 Å². The molecule has 1 atom stereocenters. The minimum atomic E-state index is -1.12. The molecular formula is C17H17NO6S3. The molecule has 1 saturated heterocycles. The van der Waals surface area contributed by atoms with Gasteiger partial charge < -0.3 is 14.9 Å². The van der Waals surface area contributed by atoms with Crippen molar-refractivity contribution >= 4 is 64.0 Å². The first-order valence-electron chi connectivity index (χ1n) is 7.77. The van der Waals surface area contributed by atoms with Gasteiger partial charge in [-0.2, -0.15) is 11.8 Å². The first kappa shape index (κ1) is 21.3. The van der Waals surface area contributed by atoms with Crippen molar-refractivity contribution in [2.75, 3.05) is 18.6 Å². The fourth-order valence-corrected chi connectivity index (χ4v) is 4.16. The van der Waals surface area contributed by atoms with E-state index in [4.69, 9.17) is 22.1 Å². The molecule has 1 aromatic rings. The molecule has 7 nitrogen and oxygen atoms in total. The summed E-state index contributed by atoms with van der Waals surface area (Å²) in [6.45, 7) is -0.512. The van der Waals surface area contributed by atoms with Crippen molar-refractivity contribution in [1.29, 1.82) is 0 Å². The van der Waals surface area contributed by atoms with Crippen LogP contribution in [0.4, 0.5) is 0 Å². The number of amides is 1. The van der Waals surface area contributed by atoms with Gasteiger partial charge in [-0.15, -0.1) is 0 Å². The summed E-state index contributed by atoms with van der Waals surface area (Å²) < 4.78 is 5.41. The Balaban J connectivity index is 2.28. The maximum absolute atomic E-state index is 12.8. The van der Waals surface area contributed by atoms with Crippen molar-refractivity contribution in [2.45, 2.75) is 12.5 Å². The van der Waals surface area contributed by atoms with Gasteiger partial charge in [0.1, 0.15) is 16.1 Å². The number of thiocarbonyl (C=S) groups is 1. The molecule has 1 heterocycles. The smallest absolute Gasteiger partial charge is 0.341 e. The van der Waals surface area contributed by atoms with Gasteiger partial charge in [-0.3, -0.25) is 9.69 Å². The zero-order valence-electron chi connectivity index (χ0n) is 14.3. The molecule has 27 heavy (non-hydrogen) atoms. The Bertz CT molecular complexity index is 795. The van der Waals surface area contributed by atoms with Crippen LogP contribution < -0.4 is 4.74 Å². The maximum atomic E-state index is 12.8. The van der Waals surface area contributed by atoms with Gasteiger partial charge in [0.2, 0.25) is 0 Å². The lowest BCUT2D eigenvalue weighted by Crippen LogP contribution is -2.44. The highest BCUT2D eigenvalue weighted by atomic mass is 32.2. The van der Waals surface area contributed by atoms with E-state index < -0.39 is 30.5 Å². The van der Waals surface area contributed by atoms with E-state index in [-0.39, 0.29) is 15.6 Å². The molecule has 1 unspecified atom stereocenters. The Hall–Kier alpha value is -2.04. The monoisotopic (exact) mass is 427 g/mol. The summed E-state index contributed by atoms with van der Waals surface area (Å²) >= 11 is 7.73. The number of carboxylic acids is 2. The van der Waals surface area contributed by atoms with Gasteiger partial charge in [0.25, 0.3) is 5.91 Å². The number of hydrogen-bond donors (Lipinski definition) is 2. The van der Waals surface area contributed by atoms with Crippen LogP contribution in [-0.2, 0) is 14.4 Å². The van der Waals surface area contributed by atoms with Crippen LogP contribution >= 0.6 is 35.7 Å². The summed E-state index contributed by atoms with van der Waals surface area (Å²) in [4.78, 5) is 36.4. The molecule has 1 aliphatic rings. The molecule has 1 fully saturated rings. The lowest BCUT2D eigenvalue weighted by Gasteiger charge is -2.22. The van der Waals surface area contributed by atoms with Crippen molar-refractivity contribution < 1.29 is 29.3 Å². The maximum Gasteiger partial charge on any atom is 0.341 e. The van der Waals surface area contributed by atoms with Crippen molar-refractivity contribution in [1.82, 2.24) is 4.90 Å². The lowest BCUT2D eigenvalue weighted by atomic mass is 10.1. The molecular weight excluding hydrogens is 410 g/mol. The molecule has 10 heteroatoms. The number of carbonyl (C=O) groups excluding carboxylic acids is 1. The fraction of sp³-hybridized carbons (Fsp3) is 0.294. The Morgan fingerprint density at radius 2 is 2.07 bits per heavy atom. The molecule has 1 amide bonds. The van der Waals surface area contributed by atoms with Gasteiger partial charge >= 0.3 is 11.9 Å². The summed E-state index contributed by atoms with van der Waals surface area (Å²) in [6.07, 6.45) is 3.68. The van der Waals surface area contributed by atoms with E-state index in [1.54, 1.807) is 24.3 Å². The highest BCUT2D eigenvalue weighted by Crippen LogP contribution is 2.36. The molecule has 0 radical (unpaired) electrons. The summed E-state index contributed by atoms with van der Waals surface area (Å²) in [5, 5.41) is 18.2. The molecule has 144 valence electrons. The minimum Gasteiger partial charge on any atom is -0.481 e. The number of hydrogen-bond acceptors (Lipinski definition) is 7. The molecule has 0 aliphatic carbocycles. The number of nitrogens with zero attached hydrogens (tertiary/aromatic N) is 1. The first-order valence-corrected chi connectivity index (χ1v) is 10.4. The van der Waals surface area contributed by atoms with E-state index >= 15 is 0 Å².